The van der Waals surface area contributed by atoms with Crippen molar-refractivity contribution >= 4 is 0 Å². The van der Waals surface area contributed by atoms with Crippen molar-refractivity contribution in [3.8, 4) is 17.6 Å². The summed E-state index contributed by atoms with van der Waals surface area (Å²) in [4.78, 5) is 0. The highest BCUT2D eigenvalue weighted by Crippen LogP contribution is 2.48. The number of fused-ring (bicyclic) bond motifs is 1. The van der Waals surface area contributed by atoms with E-state index in [1.54, 1.807) is 6.07 Å². The molecule has 1 N–H and O–H groups in total. The van der Waals surface area contributed by atoms with E-state index >= 15 is 0 Å². The fraction of sp³-hybridized carbons (Fsp3) is 0.588. The third kappa shape index (κ3) is 2.47. The lowest BCUT2D eigenvalue weighted by atomic mass is 9.66. The second-order valence-electron chi connectivity index (χ2n) is 6.13. The lowest BCUT2D eigenvalue weighted by Gasteiger charge is -2.38. The van der Waals surface area contributed by atoms with Gasteiger partial charge in [-0.3, -0.25) is 0 Å². The van der Waals surface area contributed by atoms with E-state index in [2.05, 4.69) is 13.0 Å². The first-order valence-electron chi connectivity index (χ1n) is 7.67. The van der Waals surface area contributed by atoms with Crippen LogP contribution in [-0.2, 0) is 0 Å². The third-order valence-electron chi connectivity index (χ3n) is 5.03. The number of benzene rings is 1. The number of hydrogen-bond acceptors (Lipinski definition) is 4. The van der Waals surface area contributed by atoms with Crippen LogP contribution in [0.15, 0.2) is 18.2 Å². The zero-order valence-corrected chi connectivity index (χ0v) is 12.3. The lowest BCUT2D eigenvalue weighted by molar-refractivity contribution is 0.0241. The number of aliphatic hydroxyl groups excluding tert-OH is 1. The topological polar surface area (TPSA) is 62.5 Å². The lowest BCUT2D eigenvalue weighted by Crippen LogP contribution is -2.32. The van der Waals surface area contributed by atoms with Crippen molar-refractivity contribution in [3.63, 3.8) is 0 Å². The van der Waals surface area contributed by atoms with Crippen LogP contribution in [0.1, 0.15) is 50.7 Å². The quantitative estimate of drug-likeness (QED) is 0.923. The minimum atomic E-state index is -0.769. The molecule has 112 valence electrons. The summed E-state index contributed by atoms with van der Waals surface area (Å²) in [5.74, 6) is 2.05. The van der Waals surface area contributed by atoms with Crippen LogP contribution in [-0.4, -0.2) is 11.9 Å². The van der Waals surface area contributed by atoms with Crippen LogP contribution in [0.4, 0.5) is 0 Å². The molecule has 1 saturated carbocycles. The molecule has 3 rings (SSSR count). The average molecular weight is 287 g/mol. The van der Waals surface area contributed by atoms with Crippen molar-refractivity contribution in [2.75, 3.05) is 6.79 Å². The Kier molecular flexibility index (Phi) is 3.77. The van der Waals surface area contributed by atoms with Crippen LogP contribution in [0.3, 0.4) is 0 Å². The van der Waals surface area contributed by atoms with Gasteiger partial charge in [0.05, 0.1) is 17.6 Å². The average Bonchev–Trinajstić information content (AvgIpc) is 3.01. The summed E-state index contributed by atoms with van der Waals surface area (Å²) >= 11 is 0. The first-order chi connectivity index (χ1) is 10.2. The normalized spacial score (nSPS) is 28.9. The van der Waals surface area contributed by atoms with Crippen LogP contribution in [0.25, 0.3) is 0 Å². The fourth-order valence-corrected chi connectivity index (χ4v) is 3.45. The summed E-state index contributed by atoms with van der Waals surface area (Å²) in [6.07, 6.45) is 3.95. The number of hydrogen-bond donors (Lipinski definition) is 1. The molecule has 2 aliphatic rings. The van der Waals surface area contributed by atoms with Crippen LogP contribution in [0.2, 0.25) is 0 Å². The number of aliphatic hydroxyl groups is 1. The number of nitrogens with zero attached hydrogens (tertiary/aromatic N) is 1. The summed E-state index contributed by atoms with van der Waals surface area (Å²) in [5, 5.41) is 20.4. The predicted octanol–water partition coefficient (Wildman–Crippen LogP) is 3.56. The molecule has 1 aliphatic carbocycles. The molecule has 1 fully saturated rings. The summed E-state index contributed by atoms with van der Waals surface area (Å²) in [7, 11) is 0. The first-order valence-corrected chi connectivity index (χ1v) is 7.67. The predicted molar refractivity (Wildman–Crippen MR) is 77.8 cm³/mol. The van der Waals surface area contributed by atoms with Gasteiger partial charge < -0.3 is 14.6 Å². The Morgan fingerprint density at radius 2 is 2.05 bits per heavy atom. The molecule has 0 saturated heterocycles. The molecule has 1 aromatic rings. The largest absolute Gasteiger partial charge is 0.454 e. The highest BCUT2D eigenvalue weighted by Gasteiger charge is 2.42. The molecule has 1 aromatic carbocycles. The molecule has 1 aliphatic heterocycles. The van der Waals surface area contributed by atoms with E-state index in [1.807, 2.05) is 12.1 Å². The van der Waals surface area contributed by atoms with Gasteiger partial charge in [-0.15, -0.1) is 0 Å². The monoisotopic (exact) mass is 287 g/mol. The molecule has 21 heavy (non-hydrogen) atoms. The van der Waals surface area contributed by atoms with Gasteiger partial charge in [0.15, 0.2) is 11.5 Å². The Morgan fingerprint density at radius 3 is 2.71 bits per heavy atom. The molecular weight excluding hydrogens is 266 g/mol. The third-order valence-corrected chi connectivity index (χ3v) is 5.03. The van der Waals surface area contributed by atoms with E-state index in [9.17, 15) is 10.4 Å². The molecule has 1 unspecified atom stereocenters. The molecule has 0 radical (unpaired) electrons. The molecule has 0 amide bonds. The Hall–Kier alpha value is -1.73. The molecule has 0 aromatic heterocycles. The summed E-state index contributed by atoms with van der Waals surface area (Å²) < 4.78 is 10.7. The van der Waals surface area contributed by atoms with Gasteiger partial charge in [0.25, 0.3) is 0 Å². The standard InChI is InChI=1S/C17H21NO3/c1-2-12-5-7-17(10-18,8-6-12)16(19)13-3-4-14-15(9-13)21-11-20-14/h3-4,9,12,16,19H,2,5-8,11H2,1H3. The van der Waals surface area contributed by atoms with Crippen LogP contribution in [0, 0.1) is 22.7 Å². The zero-order chi connectivity index (χ0) is 14.9. The van der Waals surface area contributed by atoms with Gasteiger partial charge in [0.1, 0.15) is 0 Å². The van der Waals surface area contributed by atoms with Crippen molar-refractivity contribution in [3.05, 3.63) is 23.8 Å². The Bertz CT molecular complexity index is 556. The number of nitriles is 1. The highest BCUT2D eigenvalue weighted by atomic mass is 16.7. The molecule has 4 nitrogen and oxygen atoms in total. The Morgan fingerprint density at radius 1 is 1.33 bits per heavy atom. The van der Waals surface area contributed by atoms with Gasteiger partial charge in [-0.2, -0.15) is 5.26 Å². The van der Waals surface area contributed by atoms with Gasteiger partial charge in [0, 0.05) is 0 Å². The van der Waals surface area contributed by atoms with Gasteiger partial charge in [-0.1, -0.05) is 19.4 Å². The van der Waals surface area contributed by atoms with Crippen molar-refractivity contribution in [2.45, 2.75) is 45.1 Å². The molecule has 0 bridgehead atoms. The molecule has 0 spiro atoms. The molecule has 1 heterocycles. The second-order valence-corrected chi connectivity index (χ2v) is 6.13. The van der Waals surface area contributed by atoms with E-state index < -0.39 is 11.5 Å². The van der Waals surface area contributed by atoms with Crippen LogP contribution < -0.4 is 9.47 Å². The van der Waals surface area contributed by atoms with Crippen molar-refractivity contribution < 1.29 is 14.6 Å². The van der Waals surface area contributed by atoms with Crippen LogP contribution >= 0.6 is 0 Å². The summed E-state index contributed by atoms with van der Waals surface area (Å²) in [5.41, 5.74) is 0.0788. The van der Waals surface area contributed by atoms with Gasteiger partial charge in [0.2, 0.25) is 6.79 Å². The van der Waals surface area contributed by atoms with Crippen molar-refractivity contribution in [2.24, 2.45) is 11.3 Å². The van der Waals surface area contributed by atoms with E-state index in [-0.39, 0.29) is 6.79 Å². The van der Waals surface area contributed by atoms with E-state index in [0.717, 1.165) is 37.7 Å². The Labute approximate surface area is 125 Å². The SMILES string of the molecule is CCC1CCC(C#N)(C(O)c2ccc3c(c2)OCO3)CC1. The Balaban J connectivity index is 1.83. The van der Waals surface area contributed by atoms with E-state index in [1.165, 1.54) is 0 Å². The second kappa shape index (κ2) is 5.57. The number of ether oxygens (including phenoxy) is 2. The molecule has 1 atom stereocenters. The van der Waals surface area contributed by atoms with Crippen molar-refractivity contribution in [1.29, 1.82) is 5.26 Å². The van der Waals surface area contributed by atoms with Gasteiger partial charge >= 0.3 is 0 Å². The first kappa shape index (κ1) is 14.2. The van der Waals surface area contributed by atoms with Crippen LogP contribution in [0.5, 0.6) is 11.5 Å². The van der Waals surface area contributed by atoms with E-state index in [4.69, 9.17) is 9.47 Å². The van der Waals surface area contributed by atoms with Gasteiger partial charge in [-0.05, 0) is 49.3 Å². The maximum absolute atomic E-state index is 10.8. The minimum absolute atomic E-state index is 0.219. The van der Waals surface area contributed by atoms with Gasteiger partial charge in [-0.25, -0.2) is 0 Å². The minimum Gasteiger partial charge on any atom is -0.454 e. The zero-order valence-electron chi connectivity index (χ0n) is 12.3. The summed E-state index contributed by atoms with van der Waals surface area (Å²) in [6.45, 7) is 2.41. The number of rotatable bonds is 3. The highest BCUT2D eigenvalue weighted by molar-refractivity contribution is 5.45. The van der Waals surface area contributed by atoms with Crippen molar-refractivity contribution in [1.82, 2.24) is 0 Å². The maximum atomic E-state index is 10.8. The molecule has 4 heteroatoms. The fourth-order valence-electron chi connectivity index (χ4n) is 3.45. The summed E-state index contributed by atoms with van der Waals surface area (Å²) in [6, 6.07) is 7.86. The molecular formula is C17H21NO3. The smallest absolute Gasteiger partial charge is 0.231 e. The maximum Gasteiger partial charge on any atom is 0.231 e. The van der Waals surface area contributed by atoms with E-state index in [0.29, 0.717) is 17.4 Å².